The molecule has 0 atom stereocenters. The van der Waals surface area contributed by atoms with E-state index in [9.17, 15) is 0 Å². The molecule has 0 aliphatic heterocycles. The van der Waals surface area contributed by atoms with Crippen molar-refractivity contribution < 1.29 is 8.83 Å². The average Bonchev–Trinajstić information content (AvgIpc) is 3.53. The molecule has 5 heterocycles. The lowest BCUT2D eigenvalue weighted by Gasteiger charge is -2.07. The molecule has 0 radical (unpaired) electrons. The summed E-state index contributed by atoms with van der Waals surface area (Å²) in [7, 11) is 0. The highest BCUT2D eigenvalue weighted by Crippen LogP contribution is 2.42. The molecule has 0 unspecified atom stereocenters. The van der Waals surface area contributed by atoms with Gasteiger partial charge in [0.1, 0.15) is 28.0 Å². The van der Waals surface area contributed by atoms with E-state index in [1.165, 1.54) is 0 Å². The molecule has 144 valence electrons. The van der Waals surface area contributed by atoms with Gasteiger partial charge in [-0.2, -0.15) is 0 Å². The van der Waals surface area contributed by atoms with Crippen LogP contribution in [0.4, 0.5) is 0 Å². The lowest BCUT2D eigenvalue weighted by molar-refractivity contribution is 0.664. The molecule has 5 nitrogen and oxygen atoms in total. The Kier molecular flexibility index (Phi) is 2.60. The number of hydrogen-bond acceptors (Lipinski definition) is 4. The van der Waals surface area contributed by atoms with Crippen LogP contribution in [-0.2, 0) is 0 Å². The Morgan fingerprint density at radius 1 is 0.613 bits per heavy atom. The van der Waals surface area contributed by atoms with Gasteiger partial charge < -0.3 is 8.83 Å². The summed E-state index contributed by atoms with van der Waals surface area (Å²) in [4.78, 5) is 9.30. The molecule has 0 aliphatic carbocycles. The van der Waals surface area contributed by atoms with Crippen LogP contribution < -0.4 is 0 Å². The van der Waals surface area contributed by atoms with Crippen molar-refractivity contribution >= 4 is 71.3 Å². The predicted octanol–water partition coefficient (Wildman–Crippen LogP) is 6.83. The first kappa shape index (κ1) is 15.5. The predicted molar refractivity (Wildman–Crippen MR) is 123 cm³/mol. The largest absolute Gasteiger partial charge is 0.456 e. The highest BCUT2D eigenvalue weighted by Gasteiger charge is 2.20. The van der Waals surface area contributed by atoms with Gasteiger partial charge in [0.05, 0.1) is 21.8 Å². The van der Waals surface area contributed by atoms with E-state index in [0.29, 0.717) is 0 Å². The Hall–Kier alpha value is -4.38. The van der Waals surface area contributed by atoms with Crippen LogP contribution >= 0.6 is 0 Å². The quantitative estimate of drug-likeness (QED) is 0.262. The summed E-state index contributed by atoms with van der Waals surface area (Å²) in [5.41, 5.74) is 6.20. The first-order valence-corrected chi connectivity index (χ1v) is 10.2. The zero-order chi connectivity index (χ0) is 20.1. The maximum Gasteiger partial charge on any atom is 0.147 e. The molecule has 0 saturated carbocycles. The maximum absolute atomic E-state index is 6.65. The standard InChI is InChI=1S/C26H13N3O2/c1-2-6-19-16(4-1)21-20(30-19)10-8-15-14-7-9-18-22(25(14)31-24(15)21)23-17(5-3-11-27-23)26-28-12-13-29(18)26/h1-13H. The molecule has 0 aliphatic rings. The van der Waals surface area contributed by atoms with Gasteiger partial charge in [0.2, 0.25) is 0 Å². The van der Waals surface area contributed by atoms with E-state index in [1.807, 2.05) is 48.9 Å². The van der Waals surface area contributed by atoms with Gasteiger partial charge in [-0.05, 0) is 42.5 Å². The van der Waals surface area contributed by atoms with Crippen molar-refractivity contribution in [1.29, 1.82) is 0 Å². The van der Waals surface area contributed by atoms with E-state index < -0.39 is 0 Å². The minimum Gasteiger partial charge on any atom is -0.456 e. The smallest absolute Gasteiger partial charge is 0.147 e. The van der Waals surface area contributed by atoms with Crippen molar-refractivity contribution in [2.24, 2.45) is 0 Å². The summed E-state index contributed by atoms with van der Waals surface area (Å²) in [6.45, 7) is 0. The normalized spacial score (nSPS) is 12.5. The minimum absolute atomic E-state index is 0.831. The zero-order valence-electron chi connectivity index (χ0n) is 16.2. The third-order valence-corrected chi connectivity index (χ3v) is 6.31. The second kappa shape index (κ2) is 5.21. The van der Waals surface area contributed by atoms with Crippen LogP contribution in [0.2, 0.25) is 0 Å². The van der Waals surface area contributed by atoms with E-state index in [4.69, 9.17) is 13.8 Å². The molecule has 0 amide bonds. The van der Waals surface area contributed by atoms with Gasteiger partial charge in [-0.3, -0.25) is 9.38 Å². The number of nitrogens with zero attached hydrogens (tertiary/aromatic N) is 3. The topological polar surface area (TPSA) is 56.5 Å². The van der Waals surface area contributed by atoms with E-state index in [1.54, 1.807) is 0 Å². The molecule has 5 aromatic heterocycles. The molecular formula is C26H13N3O2. The summed E-state index contributed by atoms with van der Waals surface area (Å²) in [6, 6.07) is 20.5. The van der Waals surface area contributed by atoms with Gasteiger partial charge >= 0.3 is 0 Å². The van der Waals surface area contributed by atoms with E-state index >= 15 is 0 Å². The molecule has 0 saturated heterocycles. The highest BCUT2D eigenvalue weighted by atomic mass is 16.3. The minimum atomic E-state index is 0.831. The SMILES string of the molecule is c1ccc2c(c1)oc1ccc3c4ccc5c(c6ncccc6c6nccn56)c4oc3c12. The van der Waals surface area contributed by atoms with Crippen molar-refractivity contribution in [3.8, 4) is 0 Å². The fraction of sp³-hybridized carbons (Fsp3) is 0. The molecule has 8 aromatic rings. The monoisotopic (exact) mass is 399 g/mol. The first-order valence-electron chi connectivity index (χ1n) is 10.2. The molecule has 0 bridgehead atoms. The molecule has 8 rings (SSSR count). The van der Waals surface area contributed by atoms with Crippen molar-refractivity contribution in [3.05, 3.63) is 79.3 Å². The van der Waals surface area contributed by atoms with Crippen LogP contribution in [0.5, 0.6) is 0 Å². The van der Waals surface area contributed by atoms with Gasteiger partial charge in [-0.25, -0.2) is 4.98 Å². The van der Waals surface area contributed by atoms with E-state index in [0.717, 1.165) is 71.3 Å². The average molecular weight is 399 g/mol. The number of para-hydroxylation sites is 1. The molecule has 5 heteroatoms. The first-order chi connectivity index (χ1) is 15.4. The summed E-state index contributed by atoms with van der Waals surface area (Å²) in [5.74, 6) is 0. The van der Waals surface area contributed by atoms with E-state index in [2.05, 4.69) is 39.7 Å². The third-order valence-electron chi connectivity index (χ3n) is 6.31. The summed E-state index contributed by atoms with van der Waals surface area (Å²) in [6.07, 6.45) is 5.63. The second-order valence-electron chi connectivity index (χ2n) is 7.87. The van der Waals surface area contributed by atoms with Gasteiger partial charge in [-0.15, -0.1) is 0 Å². The van der Waals surface area contributed by atoms with Crippen molar-refractivity contribution in [3.63, 3.8) is 0 Å². The second-order valence-corrected chi connectivity index (χ2v) is 7.87. The molecule has 3 aromatic carbocycles. The number of hydrogen-bond donors (Lipinski definition) is 0. The van der Waals surface area contributed by atoms with Crippen LogP contribution in [0, 0.1) is 0 Å². The van der Waals surface area contributed by atoms with Gasteiger partial charge in [-0.1, -0.05) is 18.2 Å². The highest BCUT2D eigenvalue weighted by molar-refractivity contribution is 6.27. The number of benzene rings is 3. The Bertz CT molecular complexity index is 2010. The molecule has 0 spiro atoms. The Balaban J connectivity index is 1.69. The van der Waals surface area contributed by atoms with Crippen molar-refractivity contribution in [1.82, 2.24) is 14.4 Å². The van der Waals surface area contributed by atoms with Crippen LogP contribution in [0.15, 0.2) is 88.1 Å². The number of imidazole rings is 1. The lowest BCUT2D eigenvalue weighted by atomic mass is 10.0. The van der Waals surface area contributed by atoms with Crippen LogP contribution in [0.1, 0.15) is 0 Å². The van der Waals surface area contributed by atoms with Crippen LogP contribution in [-0.4, -0.2) is 14.4 Å². The molecule has 31 heavy (non-hydrogen) atoms. The lowest BCUT2D eigenvalue weighted by Crippen LogP contribution is -1.92. The number of aromatic nitrogens is 3. The zero-order valence-corrected chi connectivity index (χ0v) is 16.2. The fourth-order valence-electron chi connectivity index (χ4n) is 5.01. The van der Waals surface area contributed by atoms with Crippen molar-refractivity contribution in [2.45, 2.75) is 0 Å². The Morgan fingerprint density at radius 3 is 2.42 bits per heavy atom. The third kappa shape index (κ3) is 1.78. The fourth-order valence-corrected chi connectivity index (χ4v) is 5.01. The Morgan fingerprint density at radius 2 is 1.45 bits per heavy atom. The molecule has 0 fully saturated rings. The van der Waals surface area contributed by atoms with E-state index in [-0.39, 0.29) is 0 Å². The van der Waals surface area contributed by atoms with Gasteiger partial charge in [0.25, 0.3) is 0 Å². The van der Waals surface area contributed by atoms with Gasteiger partial charge in [0.15, 0.2) is 0 Å². The maximum atomic E-state index is 6.65. The summed E-state index contributed by atoms with van der Waals surface area (Å²) >= 11 is 0. The number of fused-ring (bicyclic) bond motifs is 14. The molecule has 0 N–H and O–H groups in total. The summed E-state index contributed by atoms with van der Waals surface area (Å²) < 4.78 is 14.8. The van der Waals surface area contributed by atoms with Crippen LogP contribution in [0.25, 0.3) is 71.3 Å². The molecular weight excluding hydrogens is 386 g/mol. The number of rotatable bonds is 0. The van der Waals surface area contributed by atoms with Crippen molar-refractivity contribution in [2.75, 3.05) is 0 Å². The Labute approximate surface area is 174 Å². The number of furan rings is 2. The summed E-state index contributed by atoms with van der Waals surface area (Å²) in [5, 5.41) is 6.22. The van der Waals surface area contributed by atoms with Crippen LogP contribution in [0.3, 0.4) is 0 Å². The van der Waals surface area contributed by atoms with Gasteiger partial charge in [0, 0.05) is 40.1 Å². The number of pyridine rings is 2.